The zero-order valence-electron chi connectivity index (χ0n) is 11.2. The smallest absolute Gasteiger partial charge is 0.188 e. The van der Waals surface area contributed by atoms with Crippen molar-refractivity contribution >= 4 is 45.9 Å². The van der Waals surface area contributed by atoms with E-state index < -0.39 is 0 Å². The molecule has 6 heteroatoms. The minimum absolute atomic E-state index is 0. The van der Waals surface area contributed by atoms with Crippen LogP contribution in [0.2, 0.25) is 0 Å². The van der Waals surface area contributed by atoms with Crippen LogP contribution in [0.1, 0.15) is 20.3 Å². The highest BCUT2D eigenvalue weighted by molar-refractivity contribution is 14.0. The average molecular weight is 442 g/mol. The second-order valence-corrected chi connectivity index (χ2v) is 4.87. The Morgan fingerprint density at radius 3 is 2.79 bits per heavy atom. The molecule has 0 aromatic heterocycles. The molecule has 108 valence electrons. The lowest BCUT2D eigenvalue weighted by molar-refractivity contribution is 0.229. The summed E-state index contributed by atoms with van der Waals surface area (Å²) in [5.41, 5.74) is 5.71. The number of nitrogens with one attached hydrogen (secondary N) is 1. The molecular weight excluding hydrogens is 421 g/mol. The molecule has 0 saturated carbocycles. The van der Waals surface area contributed by atoms with Crippen LogP contribution in [0.15, 0.2) is 33.7 Å². The summed E-state index contributed by atoms with van der Waals surface area (Å²) in [5, 5.41) is 3.03. The maximum Gasteiger partial charge on any atom is 0.188 e. The molecule has 4 nitrogen and oxygen atoms in total. The van der Waals surface area contributed by atoms with Crippen LogP contribution < -0.4 is 15.8 Å². The van der Waals surface area contributed by atoms with Crippen LogP contribution in [0.25, 0.3) is 0 Å². The lowest BCUT2D eigenvalue weighted by Gasteiger charge is -2.14. The summed E-state index contributed by atoms with van der Waals surface area (Å²) in [4.78, 5) is 4.23. The van der Waals surface area contributed by atoms with E-state index >= 15 is 0 Å². The van der Waals surface area contributed by atoms with Gasteiger partial charge in [-0.15, -0.1) is 24.0 Å². The quantitative estimate of drug-likeness (QED) is 0.405. The summed E-state index contributed by atoms with van der Waals surface area (Å²) in [6.45, 7) is 5.42. The maximum atomic E-state index is 5.76. The van der Waals surface area contributed by atoms with E-state index in [1.54, 1.807) is 0 Å². The Labute approximate surface area is 140 Å². The number of ether oxygens (including phenoxy) is 1. The summed E-state index contributed by atoms with van der Waals surface area (Å²) in [6, 6.07) is 7.76. The van der Waals surface area contributed by atoms with Gasteiger partial charge in [0.2, 0.25) is 0 Å². The summed E-state index contributed by atoms with van der Waals surface area (Å²) in [5.74, 6) is 1.29. The van der Waals surface area contributed by atoms with Crippen LogP contribution in [-0.4, -0.2) is 25.2 Å². The monoisotopic (exact) mass is 441 g/mol. The predicted molar refractivity (Wildman–Crippen MR) is 94.4 cm³/mol. The van der Waals surface area contributed by atoms with Gasteiger partial charge < -0.3 is 15.8 Å². The van der Waals surface area contributed by atoms with E-state index in [-0.39, 0.29) is 30.1 Å². The zero-order chi connectivity index (χ0) is 13.4. The third-order valence-electron chi connectivity index (χ3n) is 2.24. The van der Waals surface area contributed by atoms with E-state index in [0.29, 0.717) is 12.5 Å². The van der Waals surface area contributed by atoms with Gasteiger partial charge in [0.25, 0.3) is 0 Å². The van der Waals surface area contributed by atoms with E-state index in [0.717, 1.165) is 23.2 Å². The minimum atomic E-state index is -0.0225. The van der Waals surface area contributed by atoms with Crippen LogP contribution in [0.4, 0.5) is 0 Å². The third kappa shape index (κ3) is 7.61. The van der Waals surface area contributed by atoms with Gasteiger partial charge in [-0.1, -0.05) is 19.1 Å². The van der Waals surface area contributed by atoms with Crippen LogP contribution in [0, 0.1) is 0 Å². The van der Waals surface area contributed by atoms with Gasteiger partial charge in [0.05, 0.1) is 11.0 Å². The fourth-order valence-corrected chi connectivity index (χ4v) is 1.71. The van der Waals surface area contributed by atoms with Gasteiger partial charge in [-0.05, 0) is 41.4 Å². The number of halogens is 2. The van der Waals surface area contributed by atoms with Gasteiger partial charge in [0, 0.05) is 6.54 Å². The van der Waals surface area contributed by atoms with Crippen molar-refractivity contribution in [1.29, 1.82) is 0 Å². The first kappa shape index (κ1) is 18.5. The first-order chi connectivity index (χ1) is 8.63. The largest absolute Gasteiger partial charge is 0.488 e. The molecule has 0 spiro atoms. The van der Waals surface area contributed by atoms with Gasteiger partial charge in [-0.2, -0.15) is 0 Å². The van der Waals surface area contributed by atoms with Crippen molar-refractivity contribution in [3.63, 3.8) is 0 Å². The van der Waals surface area contributed by atoms with Gasteiger partial charge in [0.15, 0.2) is 5.96 Å². The predicted octanol–water partition coefficient (Wildman–Crippen LogP) is 3.15. The molecule has 0 bridgehead atoms. The van der Waals surface area contributed by atoms with Crippen molar-refractivity contribution in [3.05, 3.63) is 28.7 Å². The average Bonchev–Trinajstić information content (AvgIpc) is 2.36. The molecule has 0 heterocycles. The zero-order valence-corrected chi connectivity index (χ0v) is 15.1. The molecule has 19 heavy (non-hydrogen) atoms. The number of benzene rings is 1. The molecule has 1 aromatic rings. The van der Waals surface area contributed by atoms with E-state index in [1.165, 1.54) is 0 Å². The highest BCUT2D eigenvalue weighted by Gasteiger charge is 2.06. The molecule has 0 amide bonds. The molecular formula is C13H21BrIN3O. The summed E-state index contributed by atoms with van der Waals surface area (Å²) < 4.78 is 6.71. The number of guanidine groups is 1. The Morgan fingerprint density at radius 2 is 2.16 bits per heavy atom. The molecule has 1 rings (SSSR count). The van der Waals surface area contributed by atoms with Gasteiger partial charge >= 0.3 is 0 Å². The number of nitrogens with two attached hydrogens (primary N) is 1. The first-order valence-corrected chi connectivity index (χ1v) is 6.87. The molecule has 3 N–H and O–H groups in total. The highest BCUT2D eigenvalue weighted by Crippen LogP contribution is 2.24. The number of para-hydroxylation sites is 1. The number of hydrogen-bond acceptors (Lipinski definition) is 2. The molecule has 0 saturated heterocycles. The number of aliphatic imine (C=N–C) groups is 1. The Bertz CT molecular complexity index is 401. The normalized spacial score (nSPS) is 12.5. The Kier molecular flexibility index (Phi) is 10.0. The maximum absolute atomic E-state index is 5.76. The molecule has 0 fully saturated rings. The molecule has 1 unspecified atom stereocenters. The topological polar surface area (TPSA) is 59.6 Å². The molecule has 0 aliphatic carbocycles. The molecule has 0 aliphatic rings. The lowest BCUT2D eigenvalue weighted by Crippen LogP contribution is -2.33. The van der Waals surface area contributed by atoms with Crippen LogP contribution >= 0.6 is 39.9 Å². The Morgan fingerprint density at radius 1 is 1.47 bits per heavy atom. The van der Waals surface area contributed by atoms with E-state index in [1.807, 2.05) is 31.2 Å². The van der Waals surface area contributed by atoms with Crippen molar-refractivity contribution in [3.8, 4) is 5.75 Å². The van der Waals surface area contributed by atoms with E-state index in [4.69, 9.17) is 10.5 Å². The number of rotatable bonds is 6. The van der Waals surface area contributed by atoms with Crippen molar-refractivity contribution in [2.24, 2.45) is 10.7 Å². The molecule has 0 aliphatic heterocycles. The first-order valence-electron chi connectivity index (χ1n) is 6.08. The Balaban J connectivity index is 0.00000324. The van der Waals surface area contributed by atoms with Crippen molar-refractivity contribution in [2.75, 3.05) is 13.1 Å². The summed E-state index contributed by atoms with van der Waals surface area (Å²) >= 11 is 3.44. The molecule has 1 atom stereocenters. The van der Waals surface area contributed by atoms with Gasteiger partial charge in [-0.25, -0.2) is 4.99 Å². The van der Waals surface area contributed by atoms with Crippen molar-refractivity contribution < 1.29 is 4.74 Å². The van der Waals surface area contributed by atoms with Gasteiger partial charge in [-0.3, -0.25) is 0 Å². The van der Waals surface area contributed by atoms with Crippen LogP contribution in [-0.2, 0) is 0 Å². The second-order valence-electron chi connectivity index (χ2n) is 4.01. The van der Waals surface area contributed by atoms with Crippen molar-refractivity contribution in [1.82, 2.24) is 5.32 Å². The molecule has 0 radical (unpaired) electrons. The standard InChI is InChI=1S/C13H20BrN3O.HI/c1-3-8-16-13(15)17-9-10(2)18-12-7-5-4-6-11(12)14;/h4-7,10H,3,8-9H2,1-2H3,(H3,15,16,17);1H. The Hall–Kier alpha value is -0.500. The fourth-order valence-electron chi connectivity index (χ4n) is 1.33. The summed E-state index contributed by atoms with van der Waals surface area (Å²) in [7, 11) is 0. The highest BCUT2D eigenvalue weighted by atomic mass is 127. The minimum Gasteiger partial charge on any atom is -0.488 e. The van der Waals surface area contributed by atoms with Crippen molar-refractivity contribution in [2.45, 2.75) is 26.4 Å². The van der Waals surface area contributed by atoms with Crippen LogP contribution in [0.5, 0.6) is 5.75 Å². The van der Waals surface area contributed by atoms with Gasteiger partial charge in [0.1, 0.15) is 11.9 Å². The SMILES string of the molecule is CCCNC(N)=NCC(C)Oc1ccccc1Br.I. The summed E-state index contributed by atoms with van der Waals surface area (Å²) in [6.07, 6.45) is 1.00. The van der Waals surface area contributed by atoms with E-state index in [2.05, 4.69) is 33.2 Å². The number of nitrogens with zero attached hydrogens (tertiary/aromatic N) is 1. The fraction of sp³-hybridized carbons (Fsp3) is 0.462. The third-order valence-corrected chi connectivity index (χ3v) is 2.89. The second kappa shape index (κ2) is 10.3. The number of hydrogen-bond donors (Lipinski definition) is 2. The molecule has 1 aromatic carbocycles. The van der Waals surface area contributed by atoms with E-state index in [9.17, 15) is 0 Å². The lowest BCUT2D eigenvalue weighted by atomic mass is 10.3. The van der Waals surface area contributed by atoms with Crippen LogP contribution in [0.3, 0.4) is 0 Å².